The summed E-state index contributed by atoms with van der Waals surface area (Å²) in [5, 5.41) is 0. The SMILES string of the molecule is CCN(C(=O)c1ccc(CC2=C(C)C(=O)c3ccccc3C2=O)nc1)C(C)C. The van der Waals surface area contributed by atoms with Crippen LogP contribution in [0.4, 0.5) is 0 Å². The number of fused-ring (bicyclic) bond motifs is 1. The summed E-state index contributed by atoms with van der Waals surface area (Å²) < 4.78 is 0. The van der Waals surface area contributed by atoms with Crippen LogP contribution in [0.15, 0.2) is 53.7 Å². The Kier molecular flexibility index (Phi) is 5.54. The lowest BCUT2D eigenvalue weighted by atomic mass is 9.83. The van der Waals surface area contributed by atoms with Gasteiger partial charge < -0.3 is 4.90 Å². The van der Waals surface area contributed by atoms with Gasteiger partial charge in [0.1, 0.15) is 0 Å². The van der Waals surface area contributed by atoms with Gasteiger partial charge in [0, 0.05) is 53.2 Å². The van der Waals surface area contributed by atoms with Gasteiger partial charge in [-0.05, 0) is 39.8 Å². The van der Waals surface area contributed by atoms with Crippen molar-refractivity contribution in [3.8, 4) is 0 Å². The van der Waals surface area contributed by atoms with Gasteiger partial charge in [0.25, 0.3) is 5.91 Å². The second-order valence-electron chi connectivity index (χ2n) is 7.21. The van der Waals surface area contributed by atoms with Crippen LogP contribution < -0.4 is 0 Å². The average molecular weight is 376 g/mol. The smallest absolute Gasteiger partial charge is 0.255 e. The quantitative estimate of drug-likeness (QED) is 0.794. The molecule has 1 aromatic carbocycles. The van der Waals surface area contributed by atoms with Gasteiger partial charge in [-0.15, -0.1) is 0 Å². The maximum Gasteiger partial charge on any atom is 0.255 e. The third kappa shape index (κ3) is 3.52. The molecule has 0 fully saturated rings. The topological polar surface area (TPSA) is 67.3 Å². The van der Waals surface area contributed by atoms with E-state index in [1.54, 1.807) is 54.4 Å². The van der Waals surface area contributed by atoms with Crippen LogP contribution in [0.3, 0.4) is 0 Å². The maximum atomic E-state index is 12.9. The number of hydrogen-bond acceptors (Lipinski definition) is 4. The normalized spacial score (nSPS) is 13.8. The zero-order chi connectivity index (χ0) is 20.4. The number of pyridine rings is 1. The van der Waals surface area contributed by atoms with E-state index in [0.29, 0.717) is 40.1 Å². The number of carbonyl (C=O) groups is 3. The highest BCUT2D eigenvalue weighted by atomic mass is 16.2. The number of hydrogen-bond donors (Lipinski definition) is 0. The molecule has 0 spiro atoms. The fourth-order valence-corrected chi connectivity index (χ4v) is 3.51. The van der Waals surface area contributed by atoms with E-state index in [0.717, 1.165) is 0 Å². The highest BCUT2D eigenvalue weighted by Crippen LogP contribution is 2.28. The predicted molar refractivity (Wildman–Crippen MR) is 108 cm³/mol. The van der Waals surface area contributed by atoms with Crippen molar-refractivity contribution in [2.24, 2.45) is 0 Å². The van der Waals surface area contributed by atoms with Crippen molar-refractivity contribution < 1.29 is 14.4 Å². The van der Waals surface area contributed by atoms with Crippen molar-refractivity contribution in [3.63, 3.8) is 0 Å². The molecule has 5 nitrogen and oxygen atoms in total. The van der Waals surface area contributed by atoms with Crippen molar-refractivity contribution in [2.45, 2.75) is 40.2 Å². The van der Waals surface area contributed by atoms with Gasteiger partial charge in [0.15, 0.2) is 11.6 Å². The number of Topliss-reactive ketones (excluding diaryl/α,β-unsaturated/α-hetero) is 2. The van der Waals surface area contributed by atoms with E-state index >= 15 is 0 Å². The summed E-state index contributed by atoms with van der Waals surface area (Å²) in [6.07, 6.45) is 1.81. The number of ketones is 2. The minimum absolute atomic E-state index is 0.0650. The fourth-order valence-electron chi connectivity index (χ4n) is 3.51. The van der Waals surface area contributed by atoms with Crippen molar-refractivity contribution in [1.82, 2.24) is 9.88 Å². The highest BCUT2D eigenvalue weighted by molar-refractivity contribution is 6.26. The summed E-state index contributed by atoms with van der Waals surface area (Å²) in [6, 6.07) is 10.5. The molecule has 28 heavy (non-hydrogen) atoms. The molecule has 144 valence electrons. The van der Waals surface area contributed by atoms with Crippen LogP contribution in [0.5, 0.6) is 0 Å². The Morgan fingerprint density at radius 3 is 2.21 bits per heavy atom. The number of benzene rings is 1. The Balaban J connectivity index is 1.85. The molecule has 0 atom stereocenters. The molecule has 0 radical (unpaired) electrons. The molecule has 0 bridgehead atoms. The summed E-state index contributed by atoms with van der Waals surface area (Å²) in [5.74, 6) is -0.316. The molecule has 0 N–H and O–H groups in total. The molecule has 1 amide bonds. The van der Waals surface area contributed by atoms with Crippen LogP contribution in [0.25, 0.3) is 0 Å². The van der Waals surface area contributed by atoms with E-state index in [2.05, 4.69) is 4.98 Å². The van der Waals surface area contributed by atoms with Crippen molar-refractivity contribution in [2.75, 3.05) is 6.54 Å². The molecular formula is C23H24N2O3. The van der Waals surface area contributed by atoms with E-state index in [4.69, 9.17) is 0 Å². The lowest BCUT2D eigenvalue weighted by Gasteiger charge is -2.25. The molecule has 0 saturated carbocycles. The molecule has 0 unspecified atom stereocenters. The first-order chi connectivity index (χ1) is 13.3. The third-order valence-electron chi connectivity index (χ3n) is 5.14. The summed E-state index contributed by atoms with van der Waals surface area (Å²) in [6.45, 7) is 8.20. The van der Waals surface area contributed by atoms with Gasteiger partial charge in [0.05, 0.1) is 5.56 Å². The molecule has 5 heteroatoms. The van der Waals surface area contributed by atoms with Crippen LogP contribution in [0, 0.1) is 0 Å². The largest absolute Gasteiger partial charge is 0.336 e. The van der Waals surface area contributed by atoms with E-state index in [1.807, 2.05) is 20.8 Å². The Morgan fingerprint density at radius 2 is 1.68 bits per heavy atom. The second-order valence-corrected chi connectivity index (χ2v) is 7.21. The molecule has 1 aromatic heterocycles. The van der Waals surface area contributed by atoms with E-state index in [9.17, 15) is 14.4 Å². The summed E-state index contributed by atoms with van der Waals surface area (Å²) in [4.78, 5) is 44.2. The summed E-state index contributed by atoms with van der Waals surface area (Å²) >= 11 is 0. The Bertz CT molecular complexity index is 972. The number of carbonyl (C=O) groups excluding carboxylic acids is 3. The minimum Gasteiger partial charge on any atom is -0.336 e. The van der Waals surface area contributed by atoms with Gasteiger partial charge in [-0.2, -0.15) is 0 Å². The van der Waals surface area contributed by atoms with Crippen LogP contribution in [0.2, 0.25) is 0 Å². The average Bonchev–Trinajstić information content (AvgIpc) is 2.70. The zero-order valence-corrected chi connectivity index (χ0v) is 16.7. The first-order valence-corrected chi connectivity index (χ1v) is 9.49. The number of nitrogens with zero attached hydrogens (tertiary/aromatic N) is 2. The van der Waals surface area contributed by atoms with Crippen LogP contribution in [-0.2, 0) is 6.42 Å². The Hall–Kier alpha value is -3.08. The van der Waals surface area contributed by atoms with Gasteiger partial charge >= 0.3 is 0 Å². The Labute approximate surface area is 165 Å². The highest BCUT2D eigenvalue weighted by Gasteiger charge is 2.29. The standard InChI is InChI=1S/C23H24N2O3/c1-5-25(14(2)3)23(28)16-10-11-17(24-13-16)12-20-15(4)21(26)18-8-6-7-9-19(18)22(20)27/h6-11,13-14H,5,12H2,1-4H3. The minimum atomic E-state index is -0.133. The van der Waals surface area contributed by atoms with Crippen LogP contribution in [0.1, 0.15) is 64.5 Å². The first-order valence-electron chi connectivity index (χ1n) is 9.49. The third-order valence-corrected chi connectivity index (χ3v) is 5.14. The fraction of sp³-hybridized carbons (Fsp3) is 0.304. The molecule has 2 aromatic rings. The van der Waals surface area contributed by atoms with Crippen molar-refractivity contribution in [3.05, 3.63) is 76.1 Å². The summed E-state index contributed by atoms with van der Waals surface area (Å²) in [5.41, 5.74) is 2.99. The number of allylic oxidation sites excluding steroid dienone is 2. The molecule has 3 rings (SSSR count). The lowest BCUT2D eigenvalue weighted by molar-refractivity contribution is 0.0716. The molecule has 0 saturated heterocycles. The number of aromatic nitrogens is 1. The maximum absolute atomic E-state index is 12.9. The van der Waals surface area contributed by atoms with Gasteiger partial charge in [-0.25, -0.2) is 0 Å². The predicted octanol–water partition coefficient (Wildman–Crippen LogP) is 3.89. The van der Waals surface area contributed by atoms with E-state index < -0.39 is 0 Å². The number of rotatable bonds is 5. The van der Waals surface area contributed by atoms with Gasteiger partial charge in [-0.3, -0.25) is 19.4 Å². The van der Waals surface area contributed by atoms with E-state index in [1.165, 1.54) is 0 Å². The van der Waals surface area contributed by atoms with Crippen molar-refractivity contribution in [1.29, 1.82) is 0 Å². The van der Waals surface area contributed by atoms with Crippen LogP contribution in [-0.4, -0.2) is 39.9 Å². The molecule has 1 aliphatic rings. The molecular weight excluding hydrogens is 352 g/mol. The summed E-state index contributed by atoms with van der Waals surface area (Å²) in [7, 11) is 0. The first kappa shape index (κ1) is 19.7. The van der Waals surface area contributed by atoms with Gasteiger partial charge in [0.2, 0.25) is 0 Å². The number of amides is 1. The lowest BCUT2D eigenvalue weighted by Crippen LogP contribution is -2.36. The van der Waals surface area contributed by atoms with E-state index in [-0.39, 0.29) is 29.9 Å². The Morgan fingerprint density at radius 1 is 1.04 bits per heavy atom. The molecule has 1 heterocycles. The van der Waals surface area contributed by atoms with Crippen LogP contribution >= 0.6 is 0 Å². The second kappa shape index (κ2) is 7.89. The molecule has 1 aliphatic carbocycles. The zero-order valence-electron chi connectivity index (χ0n) is 16.7. The monoisotopic (exact) mass is 376 g/mol. The van der Waals surface area contributed by atoms with Gasteiger partial charge in [-0.1, -0.05) is 24.3 Å². The van der Waals surface area contributed by atoms with Crippen molar-refractivity contribution >= 4 is 17.5 Å². The molecule has 0 aliphatic heterocycles.